The van der Waals surface area contributed by atoms with Crippen molar-refractivity contribution in [2.24, 2.45) is 5.14 Å². The third-order valence-electron chi connectivity index (χ3n) is 3.49. The zero-order valence-electron chi connectivity index (χ0n) is 15.2. The van der Waals surface area contributed by atoms with Crippen LogP contribution in [0.4, 0.5) is 0 Å². The van der Waals surface area contributed by atoms with Crippen molar-refractivity contribution in [3.05, 3.63) is 29.8 Å². The number of nitrogens with zero attached hydrogens (tertiary/aromatic N) is 1. The van der Waals surface area contributed by atoms with Gasteiger partial charge >= 0.3 is 0 Å². The number of carbonyl (C=O) groups is 2. The Kier molecular flexibility index (Phi) is 7.13. The van der Waals surface area contributed by atoms with Gasteiger partial charge in [0, 0.05) is 32.0 Å². The van der Waals surface area contributed by atoms with E-state index < -0.39 is 10.0 Å². The zero-order valence-corrected chi connectivity index (χ0v) is 16.0. The van der Waals surface area contributed by atoms with Crippen molar-refractivity contribution in [1.82, 2.24) is 10.2 Å². The number of sulfonamides is 1. The van der Waals surface area contributed by atoms with E-state index in [1.165, 1.54) is 19.1 Å². The molecule has 0 aliphatic rings. The Morgan fingerprint density at radius 3 is 2.12 bits per heavy atom. The summed E-state index contributed by atoms with van der Waals surface area (Å²) in [7, 11) is -3.71. The SMILES string of the molecule is CC(=O)N(CCC(=O)NC(C)(C)C)CCc1ccc(S(N)(=O)=O)cc1. The Morgan fingerprint density at radius 1 is 1.12 bits per heavy atom. The Hall–Kier alpha value is -1.93. The van der Waals surface area contributed by atoms with Crippen molar-refractivity contribution in [1.29, 1.82) is 0 Å². The minimum Gasteiger partial charge on any atom is -0.351 e. The van der Waals surface area contributed by atoms with Crippen LogP contribution in [0.15, 0.2) is 29.2 Å². The van der Waals surface area contributed by atoms with Crippen LogP contribution in [0.2, 0.25) is 0 Å². The lowest BCUT2D eigenvalue weighted by Crippen LogP contribution is -2.42. The topological polar surface area (TPSA) is 110 Å². The maximum absolute atomic E-state index is 11.9. The average Bonchev–Trinajstić information content (AvgIpc) is 2.44. The van der Waals surface area contributed by atoms with Gasteiger partial charge in [-0.05, 0) is 44.9 Å². The highest BCUT2D eigenvalue weighted by atomic mass is 32.2. The van der Waals surface area contributed by atoms with Crippen LogP contribution in [-0.4, -0.2) is 43.8 Å². The number of hydrogen-bond donors (Lipinski definition) is 2. The number of carbonyl (C=O) groups excluding carboxylic acids is 2. The molecular weight excluding hydrogens is 342 g/mol. The number of nitrogens with two attached hydrogens (primary N) is 1. The van der Waals surface area contributed by atoms with Crippen LogP contribution in [0, 0.1) is 0 Å². The molecule has 25 heavy (non-hydrogen) atoms. The lowest BCUT2D eigenvalue weighted by atomic mass is 10.1. The first kappa shape index (κ1) is 21.1. The third-order valence-corrected chi connectivity index (χ3v) is 4.42. The molecule has 2 amide bonds. The molecule has 0 aliphatic heterocycles. The van der Waals surface area contributed by atoms with Gasteiger partial charge in [0.2, 0.25) is 21.8 Å². The summed E-state index contributed by atoms with van der Waals surface area (Å²) >= 11 is 0. The van der Waals surface area contributed by atoms with Gasteiger partial charge < -0.3 is 10.2 Å². The zero-order chi connectivity index (χ0) is 19.3. The van der Waals surface area contributed by atoms with E-state index >= 15 is 0 Å². The first-order valence-electron chi connectivity index (χ1n) is 8.07. The molecule has 0 unspecified atom stereocenters. The van der Waals surface area contributed by atoms with Crippen LogP contribution >= 0.6 is 0 Å². The summed E-state index contributed by atoms with van der Waals surface area (Å²) in [6, 6.07) is 6.23. The van der Waals surface area contributed by atoms with E-state index in [1.807, 2.05) is 20.8 Å². The summed E-state index contributed by atoms with van der Waals surface area (Å²) in [6.45, 7) is 7.96. The number of amides is 2. The molecule has 0 bridgehead atoms. The van der Waals surface area contributed by atoms with E-state index in [0.717, 1.165) is 5.56 Å². The number of benzene rings is 1. The second-order valence-corrected chi connectivity index (χ2v) is 8.55. The van der Waals surface area contributed by atoms with Gasteiger partial charge in [0.1, 0.15) is 0 Å². The molecular formula is C17H27N3O4S. The van der Waals surface area contributed by atoms with E-state index in [9.17, 15) is 18.0 Å². The Bertz CT molecular complexity index is 706. The smallest absolute Gasteiger partial charge is 0.238 e. The Labute approximate surface area is 149 Å². The fourth-order valence-electron chi connectivity index (χ4n) is 2.25. The molecule has 1 aromatic carbocycles. The van der Waals surface area contributed by atoms with Crippen molar-refractivity contribution in [3.8, 4) is 0 Å². The molecule has 8 heteroatoms. The van der Waals surface area contributed by atoms with Crippen molar-refractivity contribution in [2.45, 2.75) is 51.0 Å². The molecule has 0 saturated heterocycles. The molecule has 1 aromatic rings. The van der Waals surface area contributed by atoms with Crippen LogP contribution < -0.4 is 10.5 Å². The summed E-state index contributed by atoms with van der Waals surface area (Å²) in [5, 5.41) is 7.92. The van der Waals surface area contributed by atoms with Gasteiger partial charge in [-0.3, -0.25) is 9.59 Å². The van der Waals surface area contributed by atoms with Gasteiger partial charge in [-0.15, -0.1) is 0 Å². The summed E-state index contributed by atoms with van der Waals surface area (Å²) in [5.74, 6) is -0.207. The van der Waals surface area contributed by atoms with Gasteiger partial charge in [-0.25, -0.2) is 13.6 Å². The molecule has 0 atom stereocenters. The molecule has 0 fully saturated rings. The van der Waals surface area contributed by atoms with Crippen molar-refractivity contribution in [3.63, 3.8) is 0 Å². The lowest BCUT2D eigenvalue weighted by Gasteiger charge is -2.24. The average molecular weight is 369 g/mol. The Balaban J connectivity index is 2.59. The summed E-state index contributed by atoms with van der Waals surface area (Å²) < 4.78 is 22.5. The molecule has 3 N–H and O–H groups in total. The van der Waals surface area contributed by atoms with E-state index in [0.29, 0.717) is 19.5 Å². The quantitative estimate of drug-likeness (QED) is 0.748. The van der Waals surface area contributed by atoms with Gasteiger partial charge in [-0.1, -0.05) is 12.1 Å². The maximum Gasteiger partial charge on any atom is 0.238 e. The standard InChI is InChI=1S/C17H27N3O4S/c1-13(21)20(12-10-16(22)19-17(2,3)4)11-9-14-5-7-15(8-6-14)25(18,23)24/h5-8H,9-12H2,1-4H3,(H,19,22)(H2,18,23,24). The van der Waals surface area contributed by atoms with Crippen molar-refractivity contribution >= 4 is 21.8 Å². The third kappa shape index (κ3) is 8.13. The van der Waals surface area contributed by atoms with Crippen molar-refractivity contribution in [2.75, 3.05) is 13.1 Å². The van der Waals surface area contributed by atoms with Crippen LogP contribution in [-0.2, 0) is 26.0 Å². The van der Waals surface area contributed by atoms with Gasteiger partial charge in [0.15, 0.2) is 0 Å². The van der Waals surface area contributed by atoms with Crippen LogP contribution in [0.1, 0.15) is 39.7 Å². The second kappa shape index (κ2) is 8.44. The lowest BCUT2D eigenvalue weighted by molar-refractivity contribution is -0.129. The summed E-state index contributed by atoms with van der Waals surface area (Å²) in [5.41, 5.74) is 0.584. The van der Waals surface area contributed by atoms with E-state index in [1.54, 1.807) is 17.0 Å². The first-order valence-corrected chi connectivity index (χ1v) is 9.61. The number of primary sulfonamides is 1. The first-order chi connectivity index (χ1) is 11.4. The van der Waals surface area contributed by atoms with E-state index in [2.05, 4.69) is 5.32 Å². The molecule has 0 aromatic heterocycles. The molecule has 0 spiro atoms. The van der Waals surface area contributed by atoms with E-state index in [4.69, 9.17) is 5.14 Å². The number of rotatable bonds is 7. The Morgan fingerprint density at radius 2 is 1.68 bits per heavy atom. The van der Waals surface area contributed by atoms with Gasteiger partial charge in [0.05, 0.1) is 4.90 Å². The predicted octanol–water partition coefficient (Wildman–Crippen LogP) is 1.03. The van der Waals surface area contributed by atoms with Gasteiger partial charge in [0.25, 0.3) is 0 Å². The number of hydrogen-bond acceptors (Lipinski definition) is 4. The van der Waals surface area contributed by atoms with Gasteiger partial charge in [-0.2, -0.15) is 0 Å². The van der Waals surface area contributed by atoms with E-state index in [-0.39, 0.29) is 28.7 Å². The predicted molar refractivity (Wildman–Crippen MR) is 96.3 cm³/mol. The maximum atomic E-state index is 11.9. The molecule has 0 aliphatic carbocycles. The van der Waals surface area contributed by atoms with Crippen LogP contribution in [0.25, 0.3) is 0 Å². The fourth-order valence-corrected chi connectivity index (χ4v) is 2.77. The minimum atomic E-state index is -3.71. The normalized spacial score (nSPS) is 11.9. The molecule has 0 radical (unpaired) electrons. The number of nitrogens with one attached hydrogen (secondary N) is 1. The largest absolute Gasteiger partial charge is 0.351 e. The molecule has 7 nitrogen and oxygen atoms in total. The van der Waals surface area contributed by atoms with Crippen LogP contribution in [0.3, 0.4) is 0 Å². The fraction of sp³-hybridized carbons (Fsp3) is 0.529. The monoisotopic (exact) mass is 369 g/mol. The van der Waals surface area contributed by atoms with Crippen molar-refractivity contribution < 1.29 is 18.0 Å². The molecule has 140 valence electrons. The second-order valence-electron chi connectivity index (χ2n) is 6.99. The summed E-state index contributed by atoms with van der Waals surface area (Å²) in [4.78, 5) is 25.3. The molecule has 0 saturated carbocycles. The van der Waals surface area contributed by atoms with Crippen LogP contribution in [0.5, 0.6) is 0 Å². The summed E-state index contributed by atoms with van der Waals surface area (Å²) in [6.07, 6.45) is 0.798. The molecule has 0 heterocycles. The minimum absolute atomic E-state index is 0.0542. The highest BCUT2D eigenvalue weighted by Crippen LogP contribution is 2.10. The highest BCUT2D eigenvalue weighted by molar-refractivity contribution is 7.89. The highest BCUT2D eigenvalue weighted by Gasteiger charge is 2.16. The molecule has 1 rings (SSSR count).